The van der Waals surface area contributed by atoms with E-state index in [1.54, 1.807) is 19.4 Å². The van der Waals surface area contributed by atoms with Crippen molar-refractivity contribution in [3.8, 4) is 5.88 Å². The highest BCUT2D eigenvalue weighted by atomic mass is 19.2. The monoisotopic (exact) mass is 488 g/mol. The van der Waals surface area contributed by atoms with Gasteiger partial charge >= 0.3 is 0 Å². The van der Waals surface area contributed by atoms with Crippen LogP contribution in [-0.4, -0.2) is 65.6 Å². The lowest BCUT2D eigenvalue weighted by Gasteiger charge is -2.48. The van der Waals surface area contributed by atoms with Gasteiger partial charge in [0.05, 0.1) is 25.3 Å². The number of halogens is 2. The Balaban J connectivity index is 1.18. The molecule has 2 heterocycles. The molecule has 0 unspecified atom stereocenters. The normalized spacial score (nSPS) is 22.8. The van der Waals surface area contributed by atoms with Gasteiger partial charge in [-0.2, -0.15) is 0 Å². The molecule has 35 heavy (non-hydrogen) atoms. The van der Waals surface area contributed by atoms with Gasteiger partial charge in [0.1, 0.15) is 0 Å². The van der Waals surface area contributed by atoms with Crippen molar-refractivity contribution in [1.82, 2.24) is 20.5 Å². The molecule has 1 aromatic carbocycles. The maximum Gasteiger partial charge on any atom is 0.251 e. The van der Waals surface area contributed by atoms with Gasteiger partial charge in [0.15, 0.2) is 11.6 Å². The molecule has 10 heteroatoms. The van der Waals surface area contributed by atoms with Gasteiger partial charge < -0.3 is 20.5 Å². The number of aliphatic hydroxyl groups is 1. The number of methoxy groups -OCH3 is 1. The average Bonchev–Trinajstić information content (AvgIpc) is 2.83. The van der Waals surface area contributed by atoms with Crippen molar-refractivity contribution >= 4 is 11.8 Å². The first-order chi connectivity index (χ1) is 16.7. The molecule has 0 radical (unpaired) electrons. The van der Waals surface area contributed by atoms with Gasteiger partial charge in [-0.1, -0.05) is 0 Å². The van der Waals surface area contributed by atoms with Crippen LogP contribution >= 0.6 is 0 Å². The lowest BCUT2D eigenvalue weighted by molar-refractivity contribution is -0.122. The van der Waals surface area contributed by atoms with Crippen molar-refractivity contribution in [2.75, 3.05) is 26.7 Å². The molecule has 1 saturated heterocycles. The van der Waals surface area contributed by atoms with E-state index in [1.807, 2.05) is 6.07 Å². The standard InChI is InChI=1S/C25H30F2N4O4/c1-15-9-16(10-20(26)23(15)27)24(33)29-12-21(32)30-18-13-31(14-18)19-5-7-25(34,8-6-19)17-3-4-22(35-2)28-11-17/h3-4,9-11,18-19,34H,5-8,12-14H2,1-2H3,(H,29,33)(H,30,32)/t19-,25-. The molecule has 2 fully saturated rings. The fourth-order valence-electron chi connectivity index (χ4n) is 4.81. The van der Waals surface area contributed by atoms with E-state index in [2.05, 4.69) is 20.5 Å². The van der Waals surface area contributed by atoms with Gasteiger partial charge in [-0.25, -0.2) is 13.8 Å². The fraction of sp³-hybridized carbons (Fsp3) is 0.480. The number of carbonyl (C=O) groups excluding carboxylic acids is 2. The Bertz CT molecular complexity index is 1060. The van der Waals surface area contributed by atoms with E-state index in [-0.39, 0.29) is 29.6 Å². The number of benzene rings is 1. The van der Waals surface area contributed by atoms with Crippen LogP contribution in [0, 0.1) is 18.6 Å². The van der Waals surface area contributed by atoms with E-state index < -0.39 is 23.1 Å². The first kappa shape index (κ1) is 25.0. The molecule has 2 amide bonds. The Morgan fingerprint density at radius 1 is 1.23 bits per heavy atom. The van der Waals surface area contributed by atoms with Crippen LogP contribution in [0.25, 0.3) is 0 Å². The van der Waals surface area contributed by atoms with Crippen LogP contribution in [-0.2, 0) is 10.4 Å². The lowest BCUT2D eigenvalue weighted by Crippen LogP contribution is -2.63. The van der Waals surface area contributed by atoms with Crippen LogP contribution in [0.3, 0.4) is 0 Å². The molecular formula is C25H30F2N4O4. The van der Waals surface area contributed by atoms with Gasteiger partial charge in [0, 0.05) is 42.5 Å². The number of aryl methyl sites for hydroxylation is 1. The van der Waals surface area contributed by atoms with Crippen molar-refractivity contribution in [2.24, 2.45) is 0 Å². The zero-order valence-electron chi connectivity index (χ0n) is 19.8. The Morgan fingerprint density at radius 2 is 1.94 bits per heavy atom. The second-order valence-electron chi connectivity index (χ2n) is 9.34. The van der Waals surface area contributed by atoms with Crippen LogP contribution < -0.4 is 15.4 Å². The maximum absolute atomic E-state index is 13.5. The molecule has 188 valence electrons. The number of ether oxygens (including phenoxy) is 1. The summed E-state index contributed by atoms with van der Waals surface area (Å²) in [6.07, 6.45) is 4.62. The van der Waals surface area contributed by atoms with Crippen molar-refractivity contribution in [2.45, 2.75) is 50.3 Å². The summed E-state index contributed by atoms with van der Waals surface area (Å²) < 4.78 is 32.0. The van der Waals surface area contributed by atoms with Gasteiger partial charge in [0.25, 0.3) is 5.91 Å². The third-order valence-corrected chi connectivity index (χ3v) is 6.94. The smallest absolute Gasteiger partial charge is 0.251 e. The third kappa shape index (κ3) is 5.59. The molecule has 1 aromatic heterocycles. The number of carbonyl (C=O) groups is 2. The molecule has 2 aromatic rings. The first-order valence-corrected chi connectivity index (χ1v) is 11.7. The third-order valence-electron chi connectivity index (χ3n) is 6.94. The molecule has 8 nitrogen and oxygen atoms in total. The van der Waals surface area contributed by atoms with Crippen molar-refractivity contribution < 1.29 is 28.2 Å². The van der Waals surface area contributed by atoms with E-state index >= 15 is 0 Å². The van der Waals surface area contributed by atoms with Gasteiger partial charge in [-0.3, -0.25) is 14.5 Å². The Hall–Kier alpha value is -3.11. The Morgan fingerprint density at radius 3 is 2.54 bits per heavy atom. The average molecular weight is 489 g/mol. The van der Waals surface area contributed by atoms with Crippen LogP contribution in [0.2, 0.25) is 0 Å². The summed E-state index contributed by atoms with van der Waals surface area (Å²) in [4.78, 5) is 30.9. The SMILES string of the molecule is COc1ccc([C@]2(O)CC[C@H](N3CC(NC(=O)CNC(=O)c4cc(C)c(F)c(F)c4)C3)CC2)cn1. The zero-order valence-corrected chi connectivity index (χ0v) is 19.8. The predicted octanol–water partition coefficient (Wildman–Crippen LogP) is 2.04. The Labute approximate surface area is 202 Å². The van der Waals surface area contributed by atoms with Crippen molar-refractivity contribution in [3.05, 3.63) is 58.8 Å². The van der Waals surface area contributed by atoms with E-state index in [0.29, 0.717) is 37.9 Å². The van der Waals surface area contributed by atoms with E-state index in [9.17, 15) is 23.5 Å². The zero-order chi connectivity index (χ0) is 25.2. The van der Waals surface area contributed by atoms with Crippen LogP contribution in [0.5, 0.6) is 5.88 Å². The molecule has 1 saturated carbocycles. The van der Waals surface area contributed by atoms with Crippen molar-refractivity contribution in [1.29, 1.82) is 0 Å². The summed E-state index contributed by atoms with van der Waals surface area (Å²) >= 11 is 0. The van der Waals surface area contributed by atoms with Crippen molar-refractivity contribution in [3.63, 3.8) is 0 Å². The van der Waals surface area contributed by atoms with Crippen LogP contribution in [0.1, 0.15) is 47.2 Å². The number of nitrogens with zero attached hydrogens (tertiary/aromatic N) is 2. The highest BCUT2D eigenvalue weighted by Crippen LogP contribution is 2.39. The number of amides is 2. The number of hydrogen-bond acceptors (Lipinski definition) is 6. The van der Waals surface area contributed by atoms with Gasteiger partial charge in [0.2, 0.25) is 11.8 Å². The van der Waals surface area contributed by atoms with E-state index in [1.165, 1.54) is 13.0 Å². The van der Waals surface area contributed by atoms with E-state index in [0.717, 1.165) is 24.5 Å². The lowest BCUT2D eigenvalue weighted by atomic mass is 9.77. The van der Waals surface area contributed by atoms with E-state index in [4.69, 9.17) is 4.74 Å². The number of rotatable bonds is 7. The van der Waals surface area contributed by atoms with Crippen LogP contribution in [0.4, 0.5) is 8.78 Å². The molecular weight excluding hydrogens is 458 g/mol. The molecule has 0 atom stereocenters. The Kier molecular flexibility index (Phi) is 7.32. The maximum atomic E-state index is 13.5. The quantitative estimate of drug-likeness (QED) is 0.551. The molecule has 4 rings (SSSR count). The highest BCUT2D eigenvalue weighted by Gasteiger charge is 2.40. The molecule has 0 spiro atoms. The summed E-state index contributed by atoms with van der Waals surface area (Å²) in [6, 6.07) is 5.99. The second-order valence-corrected chi connectivity index (χ2v) is 9.34. The number of pyridine rings is 1. The van der Waals surface area contributed by atoms with Gasteiger partial charge in [-0.05, 0) is 56.4 Å². The minimum Gasteiger partial charge on any atom is -0.481 e. The largest absolute Gasteiger partial charge is 0.481 e. The molecule has 3 N–H and O–H groups in total. The molecule has 1 aliphatic carbocycles. The summed E-state index contributed by atoms with van der Waals surface area (Å²) in [5.74, 6) is -2.56. The fourth-order valence-corrected chi connectivity index (χ4v) is 4.81. The van der Waals surface area contributed by atoms with Crippen LogP contribution in [0.15, 0.2) is 30.5 Å². The number of likely N-dealkylation sites (tertiary alicyclic amines) is 1. The second kappa shape index (κ2) is 10.2. The summed E-state index contributed by atoms with van der Waals surface area (Å²) in [5.41, 5.74) is -0.105. The predicted molar refractivity (Wildman–Crippen MR) is 124 cm³/mol. The first-order valence-electron chi connectivity index (χ1n) is 11.7. The minimum absolute atomic E-state index is 0.0171. The summed E-state index contributed by atoms with van der Waals surface area (Å²) in [5, 5.41) is 16.4. The molecule has 2 aliphatic rings. The van der Waals surface area contributed by atoms with Gasteiger partial charge in [-0.15, -0.1) is 0 Å². The number of aromatic nitrogens is 1. The number of hydrogen-bond donors (Lipinski definition) is 3. The number of nitrogens with one attached hydrogen (secondary N) is 2. The topological polar surface area (TPSA) is 104 Å². The minimum atomic E-state index is -1.10. The molecule has 0 bridgehead atoms. The summed E-state index contributed by atoms with van der Waals surface area (Å²) in [6.45, 7) is 2.53. The summed E-state index contributed by atoms with van der Waals surface area (Å²) in [7, 11) is 1.55. The molecule has 1 aliphatic heterocycles. The highest BCUT2D eigenvalue weighted by molar-refractivity contribution is 5.96.